The number of aliphatic hydroxyl groups is 2. The van der Waals surface area contributed by atoms with Crippen LogP contribution in [0.1, 0.15) is 354 Å². The van der Waals surface area contributed by atoms with E-state index in [1.165, 1.54) is 244 Å². The van der Waals surface area contributed by atoms with Crippen molar-refractivity contribution < 1.29 is 24.5 Å². The number of nitrogens with one attached hydrogen (secondary N) is 1. The fraction of sp³-hybridized carbons (Fsp3) is 0.908. The lowest BCUT2D eigenvalue weighted by molar-refractivity contribution is -0.143. The second-order valence-electron chi connectivity index (χ2n) is 22.1. The Kier molecular flexibility index (Phi) is 59.5. The van der Waals surface area contributed by atoms with Crippen LogP contribution in [0.3, 0.4) is 0 Å². The maximum absolute atomic E-state index is 12.5. The summed E-state index contributed by atoms with van der Waals surface area (Å²) in [5, 5.41) is 23.4. The van der Waals surface area contributed by atoms with Gasteiger partial charge in [-0.05, 0) is 57.8 Å². The van der Waals surface area contributed by atoms with Gasteiger partial charge in [-0.15, -0.1) is 0 Å². The van der Waals surface area contributed by atoms with Gasteiger partial charge in [0.2, 0.25) is 5.91 Å². The molecule has 2 unspecified atom stereocenters. The molecule has 6 nitrogen and oxygen atoms in total. The molecule has 1 amide bonds. The first-order valence-electron chi connectivity index (χ1n) is 32.1. The molecule has 3 N–H and O–H groups in total. The summed E-state index contributed by atoms with van der Waals surface area (Å²) < 4.78 is 5.47. The molecule has 0 bridgehead atoms. The third kappa shape index (κ3) is 57.5. The highest BCUT2D eigenvalue weighted by atomic mass is 16.5. The number of esters is 1. The third-order valence-electron chi connectivity index (χ3n) is 15.0. The molecule has 2 atom stereocenters. The zero-order valence-electron chi connectivity index (χ0n) is 48.0. The Hall–Kier alpha value is -1.66. The van der Waals surface area contributed by atoms with Crippen LogP contribution in [0.5, 0.6) is 0 Å². The molecule has 0 saturated heterocycles. The number of hydrogen-bond acceptors (Lipinski definition) is 5. The number of allylic oxidation sites excluding steroid dienone is 4. The number of aliphatic hydroxyl groups excluding tert-OH is 2. The van der Waals surface area contributed by atoms with Crippen LogP contribution in [0.2, 0.25) is 0 Å². The Labute approximate surface area is 443 Å². The third-order valence-corrected chi connectivity index (χ3v) is 15.0. The van der Waals surface area contributed by atoms with Crippen molar-refractivity contribution in [2.75, 3.05) is 13.2 Å². The highest BCUT2D eigenvalue weighted by Gasteiger charge is 2.20. The molecule has 71 heavy (non-hydrogen) atoms. The van der Waals surface area contributed by atoms with Crippen LogP contribution in [0.25, 0.3) is 0 Å². The number of unbranched alkanes of at least 4 members (excludes halogenated alkanes) is 46. The number of amides is 1. The molecule has 0 aromatic carbocycles. The first kappa shape index (κ1) is 69.3. The van der Waals surface area contributed by atoms with E-state index in [1.807, 2.05) is 0 Å². The summed E-state index contributed by atoms with van der Waals surface area (Å²) >= 11 is 0. The van der Waals surface area contributed by atoms with Gasteiger partial charge in [-0.3, -0.25) is 9.59 Å². The lowest BCUT2D eigenvalue weighted by atomic mass is 10.0. The van der Waals surface area contributed by atoms with Gasteiger partial charge in [0, 0.05) is 12.8 Å². The number of hydrogen-bond donors (Lipinski definition) is 3. The van der Waals surface area contributed by atoms with Crippen LogP contribution in [0.4, 0.5) is 0 Å². The summed E-state index contributed by atoms with van der Waals surface area (Å²) in [5.41, 5.74) is 0. The van der Waals surface area contributed by atoms with Crippen molar-refractivity contribution in [2.45, 2.75) is 366 Å². The zero-order chi connectivity index (χ0) is 51.4. The van der Waals surface area contributed by atoms with Gasteiger partial charge in [0.25, 0.3) is 0 Å². The highest BCUT2D eigenvalue weighted by molar-refractivity contribution is 5.76. The Morgan fingerprint density at radius 1 is 0.394 bits per heavy atom. The van der Waals surface area contributed by atoms with Crippen LogP contribution < -0.4 is 5.32 Å². The molecule has 0 aliphatic carbocycles. The van der Waals surface area contributed by atoms with Crippen LogP contribution in [-0.2, 0) is 14.3 Å². The molecule has 0 saturated carbocycles. The predicted molar refractivity (Wildman–Crippen MR) is 310 cm³/mol. The standard InChI is InChI=1S/C65H125NO5/c1-3-5-7-9-11-13-15-17-19-21-22-23-24-25-27-29-33-37-41-45-49-53-57-63(68)62(61-67)66-64(69)58-54-50-46-42-38-34-30-28-32-36-40-44-48-52-56-60-71-65(70)59-55-51-47-43-39-35-31-26-20-18-16-14-12-10-8-6-4-2/h28,32,36,40,62-63,67-68H,3-27,29-31,33-35,37-39,41-61H2,1-2H3,(H,66,69)/b32-28-,40-36-. The molecule has 0 spiro atoms. The van der Waals surface area contributed by atoms with Gasteiger partial charge >= 0.3 is 5.97 Å². The molecule has 0 aliphatic rings. The Bertz CT molecular complexity index is 1110. The number of rotatable bonds is 60. The van der Waals surface area contributed by atoms with Gasteiger partial charge in [-0.1, -0.05) is 308 Å². The minimum Gasteiger partial charge on any atom is -0.466 e. The van der Waals surface area contributed by atoms with E-state index < -0.39 is 12.1 Å². The molecular formula is C65H125NO5. The van der Waals surface area contributed by atoms with Crippen molar-refractivity contribution in [3.8, 4) is 0 Å². The quantitative estimate of drug-likeness (QED) is 0.0320. The Morgan fingerprint density at radius 2 is 0.690 bits per heavy atom. The van der Waals surface area contributed by atoms with E-state index in [9.17, 15) is 19.8 Å². The average Bonchev–Trinajstić information content (AvgIpc) is 3.37. The maximum Gasteiger partial charge on any atom is 0.305 e. The van der Waals surface area contributed by atoms with E-state index in [1.54, 1.807) is 0 Å². The minimum absolute atomic E-state index is 0.0168. The van der Waals surface area contributed by atoms with E-state index >= 15 is 0 Å². The van der Waals surface area contributed by atoms with Gasteiger partial charge in [0.05, 0.1) is 25.4 Å². The SMILES string of the molecule is CCCCCCCCCCCCCCCCCCCCCCCCC(O)C(CO)NC(=O)CCCCCCCC/C=C\C=C/CCCCCOC(=O)CCCCCCCCCCCCCCCCCCC. The highest BCUT2D eigenvalue weighted by Crippen LogP contribution is 2.18. The molecule has 0 fully saturated rings. The summed E-state index contributed by atoms with van der Waals surface area (Å²) in [6, 6.07) is -0.559. The van der Waals surface area contributed by atoms with E-state index in [0.29, 0.717) is 25.9 Å². The van der Waals surface area contributed by atoms with Crippen molar-refractivity contribution in [1.82, 2.24) is 5.32 Å². The summed E-state index contributed by atoms with van der Waals surface area (Å²) in [6.07, 6.45) is 74.8. The molecule has 0 radical (unpaired) electrons. The summed E-state index contributed by atoms with van der Waals surface area (Å²) in [4.78, 5) is 24.6. The largest absolute Gasteiger partial charge is 0.466 e. The normalized spacial score (nSPS) is 12.7. The molecule has 0 aromatic heterocycles. The smallest absolute Gasteiger partial charge is 0.305 e. The van der Waals surface area contributed by atoms with E-state index in [-0.39, 0.29) is 18.5 Å². The second kappa shape index (κ2) is 60.9. The molecule has 0 heterocycles. The van der Waals surface area contributed by atoms with Crippen molar-refractivity contribution in [2.24, 2.45) is 0 Å². The van der Waals surface area contributed by atoms with Crippen molar-refractivity contribution in [1.29, 1.82) is 0 Å². The topological polar surface area (TPSA) is 95.9 Å². The summed E-state index contributed by atoms with van der Waals surface area (Å²) in [6.45, 7) is 4.93. The molecule has 6 heteroatoms. The van der Waals surface area contributed by atoms with Gasteiger partial charge in [-0.2, -0.15) is 0 Å². The van der Waals surface area contributed by atoms with Gasteiger partial charge in [0.1, 0.15) is 0 Å². The predicted octanol–water partition coefficient (Wildman–Crippen LogP) is 20.2. The number of ether oxygens (including phenoxy) is 1. The Balaban J connectivity index is 3.48. The summed E-state index contributed by atoms with van der Waals surface area (Å²) in [7, 11) is 0. The van der Waals surface area contributed by atoms with Gasteiger partial charge < -0.3 is 20.3 Å². The fourth-order valence-corrected chi connectivity index (χ4v) is 10.1. The van der Waals surface area contributed by atoms with E-state index in [0.717, 1.165) is 77.0 Å². The van der Waals surface area contributed by atoms with Crippen LogP contribution in [0, 0.1) is 0 Å². The van der Waals surface area contributed by atoms with Crippen molar-refractivity contribution in [3.63, 3.8) is 0 Å². The van der Waals surface area contributed by atoms with Gasteiger partial charge in [-0.25, -0.2) is 0 Å². The van der Waals surface area contributed by atoms with E-state index in [4.69, 9.17) is 4.74 Å². The molecule has 0 aromatic rings. The molecular weight excluding hydrogens is 875 g/mol. The monoisotopic (exact) mass is 1000 g/mol. The number of carbonyl (C=O) groups is 2. The summed E-state index contributed by atoms with van der Waals surface area (Å²) in [5.74, 6) is -0.0704. The van der Waals surface area contributed by atoms with Crippen molar-refractivity contribution >= 4 is 11.9 Å². The second-order valence-corrected chi connectivity index (χ2v) is 22.1. The minimum atomic E-state index is -0.680. The van der Waals surface area contributed by atoms with E-state index in [2.05, 4.69) is 43.5 Å². The van der Waals surface area contributed by atoms with Crippen LogP contribution in [-0.4, -0.2) is 47.4 Å². The fourth-order valence-electron chi connectivity index (χ4n) is 10.1. The van der Waals surface area contributed by atoms with Crippen LogP contribution >= 0.6 is 0 Å². The molecule has 0 aliphatic heterocycles. The molecule has 0 rings (SSSR count). The lowest BCUT2D eigenvalue weighted by Gasteiger charge is -2.22. The van der Waals surface area contributed by atoms with Gasteiger partial charge in [0.15, 0.2) is 0 Å². The average molecular weight is 1000 g/mol. The Morgan fingerprint density at radius 3 is 1.04 bits per heavy atom. The molecule has 420 valence electrons. The van der Waals surface area contributed by atoms with Crippen LogP contribution in [0.15, 0.2) is 24.3 Å². The van der Waals surface area contributed by atoms with Crippen molar-refractivity contribution in [3.05, 3.63) is 24.3 Å². The first-order valence-corrected chi connectivity index (χ1v) is 32.1. The number of carbonyl (C=O) groups excluding carboxylic acids is 2. The zero-order valence-corrected chi connectivity index (χ0v) is 48.0. The lowest BCUT2D eigenvalue weighted by Crippen LogP contribution is -2.45. The first-order chi connectivity index (χ1) is 35.0. The maximum atomic E-state index is 12.5.